The Morgan fingerprint density at radius 1 is 1.47 bits per heavy atom. The molecule has 0 radical (unpaired) electrons. The summed E-state index contributed by atoms with van der Waals surface area (Å²) in [6.07, 6.45) is 4.38. The number of anilines is 1. The van der Waals surface area contributed by atoms with Crippen LogP contribution in [0.2, 0.25) is 0 Å². The molecule has 0 saturated carbocycles. The van der Waals surface area contributed by atoms with E-state index in [1.165, 1.54) is 0 Å². The number of amides is 1. The van der Waals surface area contributed by atoms with Crippen LogP contribution in [-0.2, 0) is 9.53 Å². The number of thiocarbonyl (C=S) groups is 1. The normalized spacial score (nSPS) is 17.7. The second kappa shape index (κ2) is 5.63. The third-order valence-electron chi connectivity index (χ3n) is 3.39. The summed E-state index contributed by atoms with van der Waals surface area (Å²) in [4.78, 5) is 16.8. The molecule has 102 valence electrons. The molecule has 0 aromatic carbocycles. The summed E-state index contributed by atoms with van der Waals surface area (Å²) in [5, 5.41) is 2.85. The maximum Gasteiger partial charge on any atom is 0.237 e. The molecule has 1 fully saturated rings. The quantitative estimate of drug-likeness (QED) is 0.818. The van der Waals surface area contributed by atoms with E-state index in [-0.39, 0.29) is 10.9 Å². The van der Waals surface area contributed by atoms with Crippen LogP contribution in [-0.4, -0.2) is 29.1 Å². The number of nitrogens with one attached hydrogen (secondary N) is 1. The molecule has 3 N–H and O–H groups in total. The van der Waals surface area contributed by atoms with Gasteiger partial charge in [-0.2, -0.15) is 0 Å². The number of nitrogens with zero attached hydrogens (tertiary/aromatic N) is 1. The second-order valence-electron chi connectivity index (χ2n) is 4.76. The van der Waals surface area contributed by atoms with Crippen molar-refractivity contribution >= 4 is 28.8 Å². The Labute approximate surface area is 117 Å². The van der Waals surface area contributed by atoms with E-state index in [4.69, 9.17) is 22.7 Å². The molecule has 0 unspecified atom stereocenters. The number of ether oxygens (including phenoxy) is 1. The summed E-state index contributed by atoms with van der Waals surface area (Å²) in [6, 6.07) is 1.86. The van der Waals surface area contributed by atoms with Crippen LogP contribution in [0, 0.1) is 12.3 Å². The SMILES string of the molecule is Cc1cncc(NC(=O)C2(C(N)=S)CCOCC2)c1. The Kier molecular flexibility index (Phi) is 4.11. The van der Waals surface area contributed by atoms with Gasteiger partial charge in [0.15, 0.2) is 0 Å². The molecule has 19 heavy (non-hydrogen) atoms. The third-order valence-corrected chi connectivity index (χ3v) is 3.78. The molecule has 1 aliphatic heterocycles. The Morgan fingerprint density at radius 2 is 2.16 bits per heavy atom. The lowest BCUT2D eigenvalue weighted by atomic mass is 9.79. The minimum absolute atomic E-state index is 0.171. The van der Waals surface area contributed by atoms with Crippen molar-refractivity contribution in [2.45, 2.75) is 19.8 Å². The number of carbonyl (C=O) groups is 1. The van der Waals surface area contributed by atoms with Gasteiger partial charge >= 0.3 is 0 Å². The highest BCUT2D eigenvalue weighted by molar-refractivity contribution is 7.80. The molecule has 6 heteroatoms. The third kappa shape index (κ3) is 2.90. The van der Waals surface area contributed by atoms with Crippen molar-refractivity contribution in [1.82, 2.24) is 4.98 Å². The van der Waals surface area contributed by atoms with E-state index in [9.17, 15) is 4.79 Å². The first-order chi connectivity index (χ1) is 9.04. The average Bonchev–Trinajstić information content (AvgIpc) is 2.39. The van der Waals surface area contributed by atoms with Crippen molar-refractivity contribution in [3.63, 3.8) is 0 Å². The van der Waals surface area contributed by atoms with Crippen molar-refractivity contribution in [3.05, 3.63) is 24.0 Å². The van der Waals surface area contributed by atoms with Gasteiger partial charge in [0.1, 0.15) is 5.41 Å². The molecular weight excluding hydrogens is 262 g/mol. The fourth-order valence-electron chi connectivity index (χ4n) is 2.18. The van der Waals surface area contributed by atoms with Gasteiger partial charge in [-0.3, -0.25) is 9.78 Å². The van der Waals surface area contributed by atoms with Crippen LogP contribution in [0.3, 0.4) is 0 Å². The summed E-state index contributed by atoms with van der Waals surface area (Å²) in [5.41, 5.74) is 6.62. The van der Waals surface area contributed by atoms with Crippen molar-refractivity contribution in [3.8, 4) is 0 Å². The van der Waals surface area contributed by atoms with Crippen LogP contribution in [0.25, 0.3) is 0 Å². The summed E-state index contributed by atoms with van der Waals surface area (Å²) in [6.45, 7) is 2.91. The van der Waals surface area contributed by atoms with Gasteiger partial charge in [-0.25, -0.2) is 0 Å². The highest BCUT2D eigenvalue weighted by atomic mass is 32.1. The summed E-state index contributed by atoms with van der Waals surface area (Å²) in [5.74, 6) is -0.171. The summed E-state index contributed by atoms with van der Waals surface area (Å²) in [7, 11) is 0. The van der Waals surface area contributed by atoms with Crippen molar-refractivity contribution in [2.75, 3.05) is 18.5 Å². The number of carbonyl (C=O) groups excluding carboxylic acids is 1. The van der Waals surface area contributed by atoms with Crippen molar-refractivity contribution in [2.24, 2.45) is 11.1 Å². The van der Waals surface area contributed by atoms with Crippen LogP contribution in [0.1, 0.15) is 18.4 Å². The minimum atomic E-state index is -0.808. The predicted molar refractivity (Wildman–Crippen MR) is 76.9 cm³/mol. The van der Waals surface area contributed by atoms with Gasteiger partial charge in [-0.05, 0) is 31.4 Å². The first-order valence-corrected chi connectivity index (χ1v) is 6.56. The number of aromatic nitrogens is 1. The molecule has 1 aromatic heterocycles. The van der Waals surface area contributed by atoms with E-state index in [2.05, 4.69) is 10.3 Å². The molecule has 0 aliphatic carbocycles. The zero-order valence-electron chi connectivity index (χ0n) is 10.8. The molecule has 5 nitrogen and oxygen atoms in total. The molecule has 2 rings (SSSR count). The number of hydrogen-bond donors (Lipinski definition) is 2. The summed E-state index contributed by atoms with van der Waals surface area (Å²) < 4.78 is 5.29. The molecule has 0 atom stereocenters. The van der Waals surface area contributed by atoms with Crippen LogP contribution in [0.5, 0.6) is 0 Å². The first-order valence-electron chi connectivity index (χ1n) is 6.15. The molecule has 1 aliphatic rings. The monoisotopic (exact) mass is 279 g/mol. The Hall–Kier alpha value is -1.53. The molecule has 0 bridgehead atoms. The van der Waals surface area contributed by atoms with Crippen molar-refractivity contribution in [1.29, 1.82) is 0 Å². The van der Waals surface area contributed by atoms with E-state index < -0.39 is 5.41 Å². The Bertz CT molecular complexity index is 498. The highest BCUT2D eigenvalue weighted by Crippen LogP contribution is 2.32. The van der Waals surface area contributed by atoms with Gasteiger partial charge in [-0.1, -0.05) is 12.2 Å². The fraction of sp³-hybridized carbons (Fsp3) is 0.462. The van der Waals surface area contributed by atoms with E-state index in [0.29, 0.717) is 31.7 Å². The zero-order chi connectivity index (χ0) is 13.9. The number of rotatable bonds is 3. The second-order valence-corrected chi connectivity index (χ2v) is 5.20. The topological polar surface area (TPSA) is 77.2 Å². The van der Waals surface area contributed by atoms with Gasteiger partial charge < -0.3 is 15.8 Å². The Balaban J connectivity index is 2.19. The van der Waals surface area contributed by atoms with Crippen LogP contribution < -0.4 is 11.1 Å². The lowest BCUT2D eigenvalue weighted by molar-refractivity contribution is -0.126. The number of nitrogens with two attached hydrogens (primary N) is 1. The van der Waals surface area contributed by atoms with Gasteiger partial charge in [0, 0.05) is 19.4 Å². The number of hydrogen-bond acceptors (Lipinski definition) is 4. The highest BCUT2D eigenvalue weighted by Gasteiger charge is 2.43. The number of aryl methyl sites for hydroxylation is 1. The first kappa shape index (κ1) is 13.9. The molecule has 1 saturated heterocycles. The minimum Gasteiger partial charge on any atom is -0.392 e. The fourth-order valence-corrected chi connectivity index (χ4v) is 2.48. The molecule has 1 aromatic rings. The van der Waals surface area contributed by atoms with Gasteiger partial charge in [0.25, 0.3) is 0 Å². The van der Waals surface area contributed by atoms with Gasteiger partial charge in [-0.15, -0.1) is 0 Å². The average molecular weight is 279 g/mol. The molecule has 2 heterocycles. The lowest BCUT2D eigenvalue weighted by Crippen LogP contribution is -2.49. The van der Waals surface area contributed by atoms with E-state index in [1.54, 1.807) is 12.4 Å². The molecule has 1 amide bonds. The van der Waals surface area contributed by atoms with E-state index in [1.807, 2.05) is 13.0 Å². The maximum absolute atomic E-state index is 12.5. The molecule has 0 spiro atoms. The van der Waals surface area contributed by atoms with Crippen LogP contribution in [0.15, 0.2) is 18.5 Å². The largest absolute Gasteiger partial charge is 0.392 e. The standard InChI is InChI=1S/C13H17N3O2S/c1-9-6-10(8-15-7-9)16-12(17)13(11(14)19)2-4-18-5-3-13/h6-8H,2-5H2,1H3,(H2,14,19)(H,16,17). The van der Waals surface area contributed by atoms with Gasteiger partial charge in [0.2, 0.25) is 5.91 Å². The zero-order valence-corrected chi connectivity index (χ0v) is 11.6. The van der Waals surface area contributed by atoms with Crippen molar-refractivity contribution < 1.29 is 9.53 Å². The van der Waals surface area contributed by atoms with E-state index in [0.717, 1.165) is 5.56 Å². The predicted octanol–water partition coefficient (Wildman–Crippen LogP) is 1.41. The molecular formula is C13H17N3O2S. The smallest absolute Gasteiger partial charge is 0.237 e. The summed E-state index contributed by atoms with van der Waals surface area (Å²) >= 11 is 5.09. The maximum atomic E-state index is 12.5. The van der Waals surface area contributed by atoms with Crippen LogP contribution >= 0.6 is 12.2 Å². The Morgan fingerprint density at radius 3 is 2.74 bits per heavy atom. The van der Waals surface area contributed by atoms with Crippen LogP contribution in [0.4, 0.5) is 5.69 Å². The lowest BCUT2D eigenvalue weighted by Gasteiger charge is -2.34. The van der Waals surface area contributed by atoms with E-state index >= 15 is 0 Å². The number of pyridine rings is 1. The van der Waals surface area contributed by atoms with Gasteiger partial charge in [0.05, 0.1) is 16.9 Å².